The average Bonchev–Trinajstić information content (AvgIpc) is 2.15. The van der Waals surface area contributed by atoms with Gasteiger partial charge in [-0.15, -0.1) is 0 Å². The van der Waals surface area contributed by atoms with Crippen molar-refractivity contribution in [2.75, 3.05) is 19.7 Å². The van der Waals surface area contributed by atoms with Crippen LogP contribution < -0.4 is 5.73 Å². The van der Waals surface area contributed by atoms with Crippen LogP contribution in [0.3, 0.4) is 0 Å². The fourth-order valence-electron chi connectivity index (χ4n) is 3.26. The lowest BCUT2D eigenvalue weighted by atomic mass is 9.81. The third-order valence-electron chi connectivity index (χ3n) is 3.59. The second-order valence-corrected chi connectivity index (χ2v) is 6.38. The molecule has 1 saturated heterocycles. The summed E-state index contributed by atoms with van der Waals surface area (Å²) in [7, 11) is 0. The van der Waals surface area contributed by atoms with E-state index in [1.807, 2.05) is 0 Å². The first-order valence-electron chi connectivity index (χ1n) is 6.97. The molecule has 3 atom stereocenters. The maximum Gasteiger partial charge on any atom is 0.0702 e. The Hall–Kier alpha value is -0.120. The summed E-state index contributed by atoms with van der Waals surface area (Å²) in [4.78, 5) is 2.54. The Morgan fingerprint density at radius 1 is 1.41 bits per heavy atom. The van der Waals surface area contributed by atoms with Crippen molar-refractivity contribution in [3.8, 4) is 0 Å². The summed E-state index contributed by atoms with van der Waals surface area (Å²) in [5.41, 5.74) is 6.42. The number of piperidine rings is 1. The highest BCUT2D eigenvalue weighted by atomic mass is 16.5. The molecule has 2 N–H and O–H groups in total. The molecule has 0 radical (unpaired) electrons. The maximum absolute atomic E-state index is 6.19. The van der Waals surface area contributed by atoms with E-state index in [1.165, 1.54) is 12.8 Å². The van der Waals surface area contributed by atoms with Crippen molar-refractivity contribution in [2.24, 2.45) is 11.1 Å². The highest BCUT2D eigenvalue weighted by Gasteiger charge is 2.35. The minimum Gasteiger partial charge on any atom is -0.377 e. The van der Waals surface area contributed by atoms with Gasteiger partial charge in [0.2, 0.25) is 0 Å². The van der Waals surface area contributed by atoms with Crippen molar-refractivity contribution in [3.63, 3.8) is 0 Å². The Bertz CT molecular complexity index is 221. The third kappa shape index (κ3) is 4.23. The van der Waals surface area contributed by atoms with E-state index in [-0.39, 0.29) is 11.5 Å². The molecule has 102 valence electrons. The van der Waals surface area contributed by atoms with Gasteiger partial charge in [-0.1, -0.05) is 20.8 Å². The molecule has 0 aromatic carbocycles. The Labute approximate surface area is 107 Å². The molecule has 0 aromatic rings. The minimum atomic E-state index is 0.204. The predicted octanol–water partition coefficient (Wildman–Crippen LogP) is 2.25. The normalized spacial score (nSPS) is 26.8. The van der Waals surface area contributed by atoms with Gasteiger partial charge in [0, 0.05) is 25.2 Å². The highest BCUT2D eigenvalue weighted by Crippen LogP contribution is 2.29. The van der Waals surface area contributed by atoms with E-state index in [1.54, 1.807) is 0 Å². The van der Waals surface area contributed by atoms with Crippen molar-refractivity contribution in [1.29, 1.82) is 0 Å². The van der Waals surface area contributed by atoms with Crippen molar-refractivity contribution < 1.29 is 4.74 Å². The van der Waals surface area contributed by atoms with Crippen molar-refractivity contribution >= 4 is 0 Å². The van der Waals surface area contributed by atoms with E-state index in [9.17, 15) is 0 Å². The molecule has 1 aliphatic rings. The molecule has 0 bridgehead atoms. The van der Waals surface area contributed by atoms with Crippen LogP contribution in [0.25, 0.3) is 0 Å². The van der Waals surface area contributed by atoms with Gasteiger partial charge in [-0.2, -0.15) is 0 Å². The topological polar surface area (TPSA) is 38.5 Å². The smallest absolute Gasteiger partial charge is 0.0702 e. The molecule has 3 heteroatoms. The van der Waals surface area contributed by atoms with Gasteiger partial charge >= 0.3 is 0 Å². The van der Waals surface area contributed by atoms with Gasteiger partial charge in [-0.25, -0.2) is 0 Å². The summed E-state index contributed by atoms with van der Waals surface area (Å²) in [6.07, 6.45) is 2.82. The summed E-state index contributed by atoms with van der Waals surface area (Å²) in [5.74, 6) is 0. The van der Waals surface area contributed by atoms with Crippen LogP contribution in [-0.2, 0) is 4.74 Å². The van der Waals surface area contributed by atoms with Crippen LogP contribution in [0, 0.1) is 5.41 Å². The standard InChI is InChI=1S/C14H30N2O/c1-6-17-12-8-7-9-16(10-12)13(11(2)15)14(3,4)5/h11-13H,6-10,15H2,1-5H3. The summed E-state index contributed by atoms with van der Waals surface area (Å²) < 4.78 is 5.77. The quantitative estimate of drug-likeness (QED) is 0.822. The number of nitrogens with two attached hydrogens (primary N) is 1. The van der Waals surface area contributed by atoms with Gasteiger partial charge in [0.15, 0.2) is 0 Å². The molecule has 0 spiro atoms. The molecule has 0 amide bonds. The minimum absolute atomic E-state index is 0.204. The largest absolute Gasteiger partial charge is 0.377 e. The third-order valence-corrected chi connectivity index (χ3v) is 3.59. The Morgan fingerprint density at radius 2 is 2.06 bits per heavy atom. The molecule has 3 nitrogen and oxygen atoms in total. The van der Waals surface area contributed by atoms with E-state index in [4.69, 9.17) is 10.5 Å². The Kier molecular flexibility index (Phi) is 5.42. The second kappa shape index (κ2) is 6.17. The number of hydrogen-bond acceptors (Lipinski definition) is 3. The highest BCUT2D eigenvalue weighted by molar-refractivity contribution is 4.91. The van der Waals surface area contributed by atoms with Crippen LogP contribution in [0.5, 0.6) is 0 Å². The summed E-state index contributed by atoms with van der Waals surface area (Å²) >= 11 is 0. The fourth-order valence-corrected chi connectivity index (χ4v) is 3.26. The molecule has 1 heterocycles. The lowest BCUT2D eigenvalue weighted by molar-refractivity contribution is -0.0297. The molecular weight excluding hydrogens is 212 g/mol. The van der Waals surface area contributed by atoms with Crippen LogP contribution in [0.15, 0.2) is 0 Å². The predicted molar refractivity (Wildman–Crippen MR) is 73.1 cm³/mol. The zero-order valence-corrected chi connectivity index (χ0v) is 12.2. The Morgan fingerprint density at radius 3 is 2.53 bits per heavy atom. The molecule has 1 fully saturated rings. The Balaban J connectivity index is 2.68. The van der Waals surface area contributed by atoms with Crippen molar-refractivity contribution in [1.82, 2.24) is 4.90 Å². The van der Waals surface area contributed by atoms with Gasteiger partial charge in [0.1, 0.15) is 0 Å². The lowest BCUT2D eigenvalue weighted by Crippen LogP contribution is -2.57. The number of rotatable bonds is 4. The molecule has 1 aliphatic heterocycles. The fraction of sp³-hybridized carbons (Fsp3) is 1.00. The molecule has 17 heavy (non-hydrogen) atoms. The SMILES string of the molecule is CCOC1CCCN(C(C(C)N)C(C)(C)C)C1. The summed E-state index contributed by atoms with van der Waals surface area (Å²) in [6, 6.07) is 0.640. The maximum atomic E-state index is 6.19. The molecule has 1 rings (SSSR count). The first-order chi connectivity index (χ1) is 7.86. The van der Waals surface area contributed by atoms with Crippen LogP contribution in [0.4, 0.5) is 0 Å². The zero-order valence-electron chi connectivity index (χ0n) is 12.2. The molecular formula is C14H30N2O. The van der Waals surface area contributed by atoms with Gasteiger partial charge in [0.05, 0.1) is 6.10 Å². The van der Waals surface area contributed by atoms with E-state index >= 15 is 0 Å². The van der Waals surface area contributed by atoms with Crippen molar-refractivity contribution in [3.05, 3.63) is 0 Å². The molecule has 0 saturated carbocycles. The molecule has 3 unspecified atom stereocenters. The van der Waals surface area contributed by atoms with E-state index < -0.39 is 0 Å². The van der Waals surface area contributed by atoms with Gasteiger partial charge in [-0.05, 0) is 38.6 Å². The van der Waals surface area contributed by atoms with Crippen LogP contribution in [0.2, 0.25) is 0 Å². The van der Waals surface area contributed by atoms with Crippen LogP contribution in [-0.4, -0.2) is 42.8 Å². The zero-order chi connectivity index (χ0) is 13.1. The second-order valence-electron chi connectivity index (χ2n) is 6.38. The van der Waals surface area contributed by atoms with Gasteiger partial charge in [0.25, 0.3) is 0 Å². The molecule has 0 aromatic heterocycles. The van der Waals surface area contributed by atoms with Crippen LogP contribution >= 0.6 is 0 Å². The first kappa shape index (κ1) is 14.9. The number of nitrogens with zero attached hydrogens (tertiary/aromatic N) is 1. The lowest BCUT2D eigenvalue weighted by Gasteiger charge is -2.46. The summed E-state index contributed by atoms with van der Waals surface area (Å²) in [6.45, 7) is 14.1. The average molecular weight is 242 g/mol. The number of hydrogen-bond donors (Lipinski definition) is 1. The number of ether oxygens (including phenoxy) is 1. The van der Waals surface area contributed by atoms with E-state index in [0.29, 0.717) is 12.1 Å². The monoisotopic (exact) mass is 242 g/mol. The van der Waals surface area contributed by atoms with Crippen LogP contribution in [0.1, 0.15) is 47.5 Å². The van der Waals surface area contributed by atoms with E-state index in [0.717, 1.165) is 19.7 Å². The van der Waals surface area contributed by atoms with E-state index in [2.05, 4.69) is 39.5 Å². The number of likely N-dealkylation sites (tertiary alicyclic amines) is 1. The van der Waals surface area contributed by atoms with Gasteiger partial charge in [-0.3, -0.25) is 4.90 Å². The molecule has 0 aliphatic carbocycles. The first-order valence-corrected chi connectivity index (χ1v) is 6.97. The van der Waals surface area contributed by atoms with Crippen molar-refractivity contribution in [2.45, 2.75) is 65.6 Å². The van der Waals surface area contributed by atoms with Gasteiger partial charge < -0.3 is 10.5 Å². The summed E-state index contributed by atoms with van der Waals surface area (Å²) in [5, 5.41) is 0.